The molecule has 0 aliphatic heterocycles. The van der Waals surface area contributed by atoms with Gasteiger partial charge in [0.2, 0.25) is 5.91 Å². The third-order valence-corrected chi connectivity index (χ3v) is 6.70. The van der Waals surface area contributed by atoms with E-state index in [9.17, 15) is 9.59 Å². The number of thiazole rings is 1. The predicted molar refractivity (Wildman–Crippen MR) is 129 cm³/mol. The summed E-state index contributed by atoms with van der Waals surface area (Å²) in [6.45, 7) is 9.83. The third-order valence-electron chi connectivity index (χ3n) is 4.63. The molecule has 0 aliphatic carbocycles. The molecule has 1 N–H and O–H groups in total. The molecule has 2 aromatic heterocycles. The van der Waals surface area contributed by atoms with Gasteiger partial charge in [-0.15, -0.1) is 0 Å². The zero-order valence-electron chi connectivity index (χ0n) is 19.0. The Morgan fingerprint density at radius 1 is 1.19 bits per heavy atom. The number of pyridine rings is 1. The molecule has 0 radical (unpaired) electrons. The number of carbonyl (C=O) groups is 2. The van der Waals surface area contributed by atoms with E-state index in [0.717, 1.165) is 32.8 Å². The molecule has 0 bridgehead atoms. The molecule has 0 spiro atoms. The van der Waals surface area contributed by atoms with Crippen LogP contribution >= 0.6 is 23.1 Å². The number of methoxy groups -OCH3 is 1. The van der Waals surface area contributed by atoms with Crippen molar-refractivity contribution in [3.8, 4) is 5.75 Å². The first kappa shape index (κ1) is 24.0. The number of rotatable bonds is 8. The van der Waals surface area contributed by atoms with E-state index in [2.05, 4.69) is 10.3 Å². The molecule has 0 saturated heterocycles. The average Bonchev–Trinajstić information content (AvgIpc) is 3.11. The van der Waals surface area contributed by atoms with E-state index in [1.165, 1.54) is 11.8 Å². The van der Waals surface area contributed by atoms with Crippen molar-refractivity contribution in [2.75, 3.05) is 19.0 Å². The predicted octanol–water partition coefficient (Wildman–Crippen LogP) is 5.25. The second-order valence-corrected chi connectivity index (χ2v) is 10.2. The number of benzene rings is 1. The molecule has 0 saturated carbocycles. The van der Waals surface area contributed by atoms with E-state index in [-0.39, 0.29) is 11.8 Å². The molecular formula is C23H27N3O4S2. The topological polar surface area (TPSA) is 90.4 Å². The van der Waals surface area contributed by atoms with Crippen molar-refractivity contribution in [1.29, 1.82) is 0 Å². The molecule has 0 fully saturated rings. The molecule has 1 atom stereocenters. The number of aryl methyl sites for hydroxylation is 2. The van der Waals surface area contributed by atoms with Gasteiger partial charge in [-0.2, -0.15) is 0 Å². The van der Waals surface area contributed by atoms with Crippen molar-refractivity contribution >= 4 is 51.0 Å². The number of thioether (sulfide) groups is 1. The Bertz CT molecular complexity index is 1140. The molecule has 9 heteroatoms. The highest BCUT2D eigenvalue weighted by Gasteiger charge is 2.21. The highest BCUT2D eigenvalue weighted by molar-refractivity contribution is 8.00. The van der Waals surface area contributed by atoms with Crippen molar-refractivity contribution in [2.45, 2.75) is 44.9 Å². The van der Waals surface area contributed by atoms with E-state index in [0.29, 0.717) is 28.1 Å². The van der Waals surface area contributed by atoms with Crippen LogP contribution in [-0.4, -0.2) is 40.8 Å². The van der Waals surface area contributed by atoms with Gasteiger partial charge in [-0.05, 0) is 44.4 Å². The van der Waals surface area contributed by atoms with Gasteiger partial charge < -0.3 is 14.8 Å². The maximum atomic E-state index is 12.8. The summed E-state index contributed by atoms with van der Waals surface area (Å²) in [5.74, 6) is 0.309. The largest absolute Gasteiger partial charge is 0.494 e. The van der Waals surface area contributed by atoms with Crippen LogP contribution in [-0.2, 0) is 9.53 Å². The number of para-hydroxylation sites is 1. The summed E-state index contributed by atoms with van der Waals surface area (Å²) >= 11 is 2.48. The highest BCUT2D eigenvalue weighted by Crippen LogP contribution is 2.32. The van der Waals surface area contributed by atoms with Crippen molar-refractivity contribution in [1.82, 2.24) is 9.97 Å². The number of ether oxygens (including phenoxy) is 2. The summed E-state index contributed by atoms with van der Waals surface area (Å²) in [7, 11) is 1.62. The van der Waals surface area contributed by atoms with E-state index in [4.69, 9.17) is 14.5 Å². The molecule has 3 aromatic rings. The minimum Gasteiger partial charge on any atom is -0.494 e. The van der Waals surface area contributed by atoms with Gasteiger partial charge in [-0.3, -0.25) is 4.79 Å². The molecule has 170 valence electrons. The number of fused-ring (bicyclic) bond motifs is 1. The Morgan fingerprint density at radius 3 is 2.62 bits per heavy atom. The van der Waals surface area contributed by atoms with Crippen molar-refractivity contribution < 1.29 is 19.1 Å². The van der Waals surface area contributed by atoms with Crippen LogP contribution in [0.25, 0.3) is 10.9 Å². The lowest BCUT2D eigenvalue weighted by atomic mass is 10.1. The maximum Gasteiger partial charge on any atom is 0.350 e. The number of anilines is 1. The summed E-state index contributed by atoms with van der Waals surface area (Å²) in [4.78, 5) is 34.4. The Labute approximate surface area is 195 Å². The lowest BCUT2D eigenvalue weighted by Gasteiger charge is -2.13. The van der Waals surface area contributed by atoms with Crippen LogP contribution in [0.15, 0.2) is 29.3 Å². The molecule has 1 aromatic carbocycles. The Hall–Kier alpha value is -2.65. The van der Waals surface area contributed by atoms with Gasteiger partial charge in [0.25, 0.3) is 0 Å². The van der Waals surface area contributed by atoms with Crippen LogP contribution in [0.3, 0.4) is 0 Å². The summed E-state index contributed by atoms with van der Waals surface area (Å²) < 4.78 is 10.7. The van der Waals surface area contributed by atoms with Crippen LogP contribution < -0.4 is 10.1 Å². The van der Waals surface area contributed by atoms with Crippen LogP contribution in [0.5, 0.6) is 5.75 Å². The molecule has 2 heterocycles. The average molecular weight is 474 g/mol. The van der Waals surface area contributed by atoms with Crippen LogP contribution in [0, 0.1) is 19.8 Å². The van der Waals surface area contributed by atoms with Crippen molar-refractivity contribution in [3.63, 3.8) is 0 Å². The molecule has 1 unspecified atom stereocenters. The van der Waals surface area contributed by atoms with E-state index < -0.39 is 11.2 Å². The first-order chi connectivity index (χ1) is 15.2. The van der Waals surface area contributed by atoms with Crippen LogP contribution in [0.2, 0.25) is 0 Å². The fourth-order valence-electron chi connectivity index (χ4n) is 2.98. The highest BCUT2D eigenvalue weighted by atomic mass is 32.2. The van der Waals surface area contributed by atoms with E-state index in [1.54, 1.807) is 14.0 Å². The van der Waals surface area contributed by atoms with E-state index in [1.807, 2.05) is 52.0 Å². The number of esters is 1. The zero-order valence-corrected chi connectivity index (χ0v) is 20.6. The lowest BCUT2D eigenvalue weighted by Crippen LogP contribution is -2.22. The van der Waals surface area contributed by atoms with Gasteiger partial charge in [0.05, 0.1) is 29.7 Å². The minimum atomic E-state index is -0.422. The van der Waals surface area contributed by atoms with Crippen LogP contribution in [0.4, 0.5) is 5.13 Å². The number of nitrogens with zero attached hydrogens (tertiary/aromatic N) is 2. The summed E-state index contributed by atoms with van der Waals surface area (Å²) in [5, 5.41) is 4.51. The van der Waals surface area contributed by atoms with Gasteiger partial charge in [-0.25, -0.2) is 14.8 Å². The first-order valence-electron chi connectivity index (χ1n) is 10.3. The summed E-state index contributed by atoms with van der Waals surface area (Å²) in [5.41, 5.74) is 2.37. The first-order valence-corrected chi connectivity index (χ1v) is 12.0. The Kier molecular flexibility index (Phi) is 7.73. The zero-order chi connectivity index (χ0) is 23.4. The normalized spacial score (nSPS) is 12.1. The fourth-order valence-corrected chi connectivity index (χ4v) is 4.76. The number of carbonyl (C=O) groups excluding carboxylic acids is 2. The van der Waals surface area contributed by atoms with Crippen molar-refractivity contribution in [3.05, 3.63) is 40.4 Å². The van der Waals surface area contributed by atoms with Gasteiger partial charge >= 0.3 is 5.97 Å². The second-order valence-electron chi connectivity index (χ2n) is 7.81. The van der Waals surface area contributed by atoms with Gasteiger partial charge in [0, 0.05) is 5.39 Å². The minimum absolute atomic E-state index is 0.217. The molecule has 3 rings (SSSR count). The number of hydrogen-bond donors (Lipinski definition) is 1. The molecular weight excluding hydrogens is 446 g/mol. The summed E-state index contributed by atoms with van der Waals surface area (Å²) in [6.07, 6.45) is 0. The molecule has 0 aliphatic rings. The molecule has 1 amide bonds. The van der Waals surface area contributed by atoms with Crippen LogP contribution in [0.1, 0.15) is 41.7 Å². The van der Waals surface area contributed by atoms with Gasteiger partial charge in [0.15, 0.2) is 5.13 Å². The molecule has 7 nitrogen and oxygen atoms in total. The number of hydrogen-bond acceptors (Lipinski definition) is 8. The third kappa shape index (κ3) is 5.58. The molecule has 32 heavy (non-hydrogen) atoms. The number of nitrogens with one attached hydrogen (secondary N) is 1. The van der Waals surface area contributed by atoms with E-state index >= 15 is 0 Å². The Morgan fingerprint density at radius 2 is 1.94 bits per heavy atom. The maximum absolute atomic E-state index is 12.8. The number of amides is 1. The SMILES string of the molecule is COc1cccc2c(C)cc(SC(C)C(=O)Nc3nc(C)c(C(=O)OCC(C)C)s3)nc12. The number of aromatic nitrogens is 2. The monoisotopic (exact) mass is 473 g/mol. The van der Waals surface area contributed by atoms with Gasteiger partial charge in [-0.1, -0.05) is 49.1 Å². The smallest absolute Gasteiger partial charge is 0.350 e. The lowest BCUT2D eigenvalue weighted by molar-refractivity contribution is -0.115. The summed E-state index contributed by atoms with van der Waals surface area (Å²) in [6, 6.07) is 7.77. The Balaban J connectivity index is 1.70. The fraction of sp³-hybridized carbons (Fsp3) is 0.391. The van der Waals surface area contributed by atoms with Gasteiger partial charge in [0.1, 0.15) is 16.1 Å². The standard InChI is InChI=1S/C23H27N3O4S2/c1-12(2)11-30-22(28)20-14(4)24-23(32-20)26-21(27)15(5)31-18-10-13(3)16-8-7-9-17(29-6)19(16)25-18/h7-10,12,15H,11H2,1-6H3,(H,24,26,27). The quantitative estimate of drug-likeness (QED) is 0.353. The second kappa shape index (κ2) is 10.3. The van der Waals surface area contributed by atoms with Crippen molar-refractivity contribution in [2.24, 2.45) is 5.92 Å².